The van der Waals surface area contributed by atoms with Gasteiger partial charge in [0.05, 0.1) is 0 Å². The fraction of sp³-hybridized carbons (Fsp3) is 0.273. The molecule has 1 N–H and O–H groups in total. The number of hydrogen-bond donors (Lipinski definition) is 1. The maximum absolute atomic E-state index is 11.4. The van der Waals surface area contributed by atoms with Crippen molar-refractivity contribution in [2.75, 3.05) is 7.05 Å². The molecule has 4 heteroatoms. The number of carbonyl (C=O) groups excluding carboxylic acids is 2. The van der Waals surface area contributed by atoms with Crippen molar-refractivity contribution in [1.82, 2.24) is 5.32 Å². The molecule has 0 aliphatic rings. The molecule has 0 fully saturated rings. The zero-order valence-corrected chi connectivity index (χ0v) is 8.69. The molecule has 1 atom stereocenters. The van der Waals surface area contributed by atoms with E-state index in [1.807, 2.05) is 19.1 Å². The van der Waals surface area contributed by atoms with E-state index in [2.05, 4.69) is 5.32 Å². The summed E-state index contributed by atoms with van der Waals surface area (Å²) >= 11 is 0. The van der Waals surface area contributed by atoms with Gasteiger partial charge in [-0.15, -0.1) is 0 Å². The average Bonchev–Trinajstić information content (AvgIpc) is 2.26. The Hall–Kier alpha value is -1.84. The molecule has 0 saturated carbocycles. The van der Waals surface area contributed by atoms with E-state index < -0.39 is 6.10 Å². The number of aryl methyl sites for hydroxylation is 1. The number of hydrogen-bond acceptors (Lipinski definition) is 3. The number of benzene rings is 1. The maximum atomic E-state index is 11.4. The summed E-state index contributed by atoms with van der Waals surface area (Å²) in [6, 6.07) is 7.25. The van der Waals surface area contributed by atoms with Crippen molar-refractivity contribution in [3.8, 4) is 0 Å². The lowest BCUT2D eigenvalue weighted by atomic mass is 10.1. The van der Waals surface area contributed by atoms with E-state index in [0.29, 0.717) is 5.56 Å². The van der Waals surface area contributed by atoms with Gasteiger partial charge in [-0.1, -0.05) is 29.8 Å². The highest BCUT2D eigenvalue weighted by Crippen LogP contribution is 2.17. The highest BCUT2D eigenvalue weighted by Gasteiger charge is 2.20. The van der Waals surface area contributed by atoms with Crippen LogP contribution < -0.4 is 5.32 Å². The van der Waals surface area contributed by atoms with Gasteiger partial charge in [-0.3, -0.25) is 9.59 Å². The van der Waals surface area contributed by atoms with Crippen LogP contribution in [0.4, 0.5) is 0 Å². The lowest BCUT2D eigenvalue weighted by molar-refractivity contribution is -0.145. The van der Waals surface area contributed by atoms with Crippen LogP contribution in [0.3, 0.4) is 0 Å². The van der Waals surface area contributed by atoms with Gasteiger partial charge in [0.25, 0.3) is 12.4 Å². The van der Waals surface area contributed by atoms with Gasteiger partial charge in [0.1, 0.15) is 0 Å². The molecule has 0 radical (unpaired) electrons. The number of carbonyl (C=O) groups is 2. The summed E-state index contributed by atoms with van der Waals surface area (Å²) in [4.78, 5) is 21.7. The standard InChI is InChI=1S/C11H13NO3/c1-8-3-5-9(6-4-8)10(15-7-13)11(14)12-2/h3-7,10H,1-2H3,(H,12,14). The Labute approximate surface area is 88.2 Å². The molecule has 0 saturated heterocycles. The zero-order valence-electron chi connectivity index (χ0n) is 8.69. The van der Waals surface area contributed by atoms with Crippen molar-refractivity contribution in [3.05, 3.63) is 35.4 Å². The molecule has 15 heavy (non-hydrogen) atoms. The van der Waals surface area contributed by atoms with E-state index in [4.69, 9.17) is 4.74 Å². The van der Waals surface area contributed by atoms with Crippen molar-refractivity contribution in [3.63, 3.8) is 0 Å². The summed E-state index contributed by atoms with van der Waals surface area (Å²) in [5, 5.41) is 2.44. The van der Waals surface area contributed by atoms with E-state index in [1.54, 1.807) is 12.1 Å². The molecule has 80 valence electrons. The third-order valence-corrected chi connectivity index (χ3v) is 2.06. The van der Waals surface area contributed by atoms with Crippen LogP contribution >= 0.6 is 0 Å². The van der Waals surface area contributed by atoms with Crippen molar-refractivity contribution in [2.45, 2.75) is 13.0 Å². The second kappa shape index (κ2) is 5.14. The molecule has 1 aromatic carbocycles. The van der Waals surface area contributed by atoms with E-state index in [1.165, 1.54) is 7.05 Å². The fourth-order valence-corrected chi connectivity index (χ4v) is 1.22. The second-order valence-electron chi connectivity index (χ2n) is 3.14. The molecule has 0 spiro atoms. The number of rotatable bonds is 4. The highest BCUT2D eigenvalue weighted by atomic mass is 16.5. The van der Waals surface area contributed by atoms with Crippen LogP contribution in [-0.4, -0.2) is 19.4 Å². The van der Waals surface area contributed by atoms with Gasteiger partial charge < -0.3 is 10.1 Å². The Morgan fingerprint density at radius 2 is 2.00 bits per heavy atom. The van der Waals surface area contributed by atoms with Gasteiger partial charge in [0.2, 0.25) is 6.10 Å². The topological polar surface area (TPSA) is 55.4 Å². The molecule has 0 heterocycles. The SMILES string of the molecule is CNC(=O)C(OC=O)c1ccc(C)cc1. The van der Waals surface area contributed by atoms with Crippen LogP contribution in [0.2, 0.25) is 0 Å². The Kier molecular flexibility index (Phi) is 3.85. The first-order valence-corrected chi connectivity index (χ1v) is 4.56. The van der Waals surface area contributed by atoms with Crippen LogP contribution in [0.15, 0.2) is 24.3 Å². The Morgan fingerprint density at radius 1 is 1.40 bits per heavy atom. The van der Waals surface area contributed by atoms with E-state index >= 15 is 0 Å². The van der Waals surface area contributed by atoms with Crippen LogP contribution in [0, 0.1) is 6.92 Å². The predicted octanol–water partition coefficient (Wildman–Crippen LogP) is 0.955. The van der Waals surface area contributed by atoms with Crippen LogP contribution in [0.1, 0.15) is 17.2 Å². The van der Waals surface area contributed by atoms with Gasteiger partial charge in [0, 0.05) is 12.6 Å². The smallest absolute Gasteiger partial charge is 0.294 e. The molecule has 0 bridgehead atoms. The predicted molar refractivity (Wildman–Crippen MR) is 55.1 cm³/mol. The van der Waals surface area contributed by atoms with Crippen molar-refractivity contribution < 1.29 is 14.3 Å². The molecule has 0 aromatic heterocycles. The number of amides is 1. The molecule has 1 aromatic rings. The molecule has 1 rings (SSSR count). The molecule has 4 nitrogen and oxygen atoms in total. The quantitative estimate of drug-likeness (QED) is 0.748. The number of ether oxygens (including phenoxy) is 1. The molecule has 1 unspecified atom stereocenters. The average molecular weight is 207 g/mol. The van der Waals surface area contributed by atoms with Gasteiger partial charge in [-0.25, -0.2) is 0 Å². The van der Waals surface area contributed by atoms with Crippen molar-refractivity contribution >= 4 is 12.4 Å². The van der Waals surface area contributed by atoms with Crippen LogP contribution in [-0.2, 0) is 14.3 Å². The monoisotopic (exact) mass is 207 g/mol. The number of likely N-dealkylation sites (N-methyl/N-ethyl adjacent to an activating group) is 1. The second-order valence-corrected chi connectivity index (χ2v) is 3.14. The Morgan fingerprint density at radius 3 is 2.47 bits per heavy atom. The summed E-state index contributed by atoms with van der Waals surface area (Å²) in [6.45, 7) is 2.22. The summed E-state index contributed by atoms with van der Waals surface area (Å²) in [6.07, 6.45) is -0.867. The normalized spacial score (nSPS) is 11.6. The first-order valence-electron chi connectivity index (χ1n) is 4.56. The molecule has 1 amide bonds. The Bertz CT molecular complexity index is 345. The van der Waals surface area contributed by atoms with Crippen LogP contribution in [0.25, 0.3) is 0 Å². The van der Waals surface area contributed by atoms with Gasteiger partial charge in [-0.2, -0.15) is 0 Å². The fourth-order valence-electron chi connectivity index (χ4n) is 1.22. The lowest BCUT2D eigenvalue weighted by Crippen LogP contribution is -2.27. The minimum atomic E-state index is -0.867. The van der Waals surface area contributed by atoms with Crippen LogP contribution in [0.5, 0.6) is 0 Å². The third-order valence-electron chi connectivity index (χ3n) is 2.06. The number of nitrogens with one attached hydrogen (secondary N) is 1. The first kappa shape index (κ1) is 11.2. The van der Waals surface area contributed by atoms with E-state index in [0.717, 1.165) is 5.56 Å². The largest absolute Gasteiger partial charge is 0.449 e. The summed E-state index contributed by atoms with van der Waals surface area (Å²) < 4.78 is 4.73. The summed E-state index contributed by atoms with van der Waals surface area (Å²) in [5.74, 6) is -0.342. The van der Waals surface area contributed by atoms with E-state index in [-0.39, 0.29) is 12.4 Å². The first-order chi connectivity index (χ1) is 7.19. The summed E-state index contributed by atoms with van der Waals surface area (Å²) in [5.41, 5.74) is 1.74. The maximum Gasteiger partial charge on any atom is 0.294 e. The molecular weight excluding hydrogens is 194 g/mol. The molecular formula is C11H13NO3. The van der Waals surface area contributed by atoms with Gasteiger partial charge in [-0.05, 0) is 6.92 Å². The zero-order chi connectivity index (χ0) is 11.3. The lowest BCUT2D eigenvalue weighted by Gasteiger charge is -2.13. The highest BCUT2D eigenvalue weighted by molar-refractivity contribution is 5.82. The molecule has 0 aliphatic carbocycles. The third kappa shape index (κ3) is 2.80. The van der Waals surface area contributed by atoms with E-state index in [9.17, 15) is 9.59 Å². The van der Waals surface area contributed by atoms with Crippen molar-refractivity contribution in [2.24, 2.45) is 0 Å². The summed E-state index contributed by atoms with van der Waals surface area (Å²) in [7, 11) is 1.50. The minimum Gasteiger partial charge on any atom is -0.449 e. The van der Waals surface area contributed by atoms with Gasteiger partial charge >= 0.3 is 0 Å². The van der Waals surface area contributed by atoms with Gasteiger partial charge in [0.15, 0.2) is 0 Å². The molecule has 0 aliphatic heterocycles. The Balaban J connectivity index is 2.93. The van der Waals surface area contributed by atoms with Crippen molar-refractivity contribution in [1.29, 1.82) is 0 Å². The minimum absolute atomic E-state index is 0.278.